The second-order valence-corrected chi connectivity index (χ2v) is 5.58. The molecule has 17 heavy (non-hydrogen) atoms. The van der Waals surface area contributed by atoms with E-state index in [1.807, 2.05) is 0 Å². The Morgan fingerprint density at radius 2 is 1.71 bits per heavy atom. The lowest BCUT2D eigenvalue weighted by atomic mass is 9.87. The van der Waals surface area contributed by atoms with Crippen LogP contribution >= 0.6 is 0 Å². The van der Waals surface area contributed by atoms with Crippen LogP contribution in [0.3, 0.4) is 0 Å². The highest BCUT2D eigenvalue weighted by Gasteiger charge is 2.19. The summed E-state index contributed by atoms with van der Waals surface area (Å²) in [6.07, 6.45) is 6.38. The number of ether oxygens (including phenoxy) is 1. The van der Waals surface area contributed by atoms with Crippen LogP contribution < -0.4 is 0 Å². The molecule has 0 amide bonds. The summed E-state index contributed by atoms with van der Waals surface area (Å²) < 4.78 is 5.89. The molecule has 0 bridgehead atoms. The summed E-state index contributed by atoms with van der Waals surface area (Å²) in [6.45, 7) is 13.7. The minimum atomic E-state index is -0.310. The van der Waals surface area contributed by atoms with Gasteiger partial charge in [-0.3, -0.25) is 0 Å². The molecule has 0 aromatic heterocycles. The molecule has 0 heterocycles. The summed E-state index contributed by atoms with van der Waals surface area (Å²) in [5.41, 5.74) is -0.213. The second-order valence-electron chi connectivity index (χ2n) is 5.58. The van der Waals surface area contributed by atoms with Gasteiger partial charge in [0, 0.05) is 12.0 Å². The summed E-state index contributed by atoms with van der Waals surface area (Å²) >= 11 is 0. The third-order valence-corrected chi connectivity index (χ3v) is 2.76. The van der Waals surface area contributed by atoms with E-state index in [4.69, 9.17) is 4.74 Å². The lowest BCUT2D eigenvalue weighted by Gasteiger charge is -2.29. The first-order valence-corrected chi connectivity index (χ1v) is 6.85. The summed E-state index contributed by atoms with van der Waals surface area (Å²) in [5.74, 6) is 6.75. The van der Waals surface area contributed by atoms with Gasteiger partial charge in [0.25, 0.3) is 0 Å². The third-order valence-electron chi connectivity index (χ3n) is 2.76. The van der Waals surface area contributed by atoms with Crippen LogP contribution in [0.15, 0.2) is 0 Å². The van der Waals surface area contributed by atoms with Crippen LogP contribution in [0.25, 0.3) is 0 Å². The molecule has 0 aromatic carbocycles. The average molecular weight is 237 g/mol. The van der Waals surface area contributed by atoms with Gasteiger partial charge in [-0.1, -0.05) is 32.1 Å². The molecule has 0 fully saturated rings. The van der Waals surface area contributed by atoms with Crippen molar-refractivity contribution in [2.45, 2.75) is 72.8 Å². The van der Waals surface area contributed by atoms with Crippen LogP contribution in [-0.4, -0.2) is 12.2 Å². The topological polar surface area (TPSA) is 9.23 Å². The van der Waals surface area contributed by atoms with Crippen LogP contribution in [-0.2, 0) is 4.74 Å². The van der Waals surface area contributed by atoms with Crippen molar-refractivity contribution in [2.75, 3.05) is 6.61 Å². The summed E-state index contributed by atoms with van der Waals surface area (Å²) in [5, 5.41) is 0. The Bertz CT molecular complexity index is 256. The van der Waals surface area contributed by atoms with Crippen LogP contribution in [0.2, 0.25) is 0 Å². The zero-order chi connectivity index (χ0) is 13.4. The van der Waals surface area contributed by atoms with E-state index in [-0.39, 0.29) is 11.0 Å². The smallest absolute Gasteiger partial charge is 0.0989 e. The molecule has 0 aliphatic rings. The van der Waals surface area contributed by atoms with E-state index in [0.29, 0.717) is 0 Å². The first kappa shape index (κ1) is 16.5. The Morgan fingerprint density at radius 1 is 1.06 bits per heavy atom. The minimum Gasteiger partial charge on any atom is -0.365 e. The molecule has 0 aromatic rings. The highest BCUT2D eigenvalue weighted by molar-refractivity contribution is 5.18. The zero-order valence-corrected chi connectivity index (χ0v) is 12.5. The molecule has 0 aliphatic carbocycles. The molecule has 0 saturated carbocycles. The fourth-order valence-corrected chi connectivity index (χ4v) is 1.85. The molecule has 0 aliphatic heterocycles. The van der Waals surface area contributed by atoms with Gasteiger partial charge in [-0.15, -0.1) is 6.42 Å². The Morgan fingerprint density at radius 3 is 2.18 bits per heavy atom. The predicted molar refractivity (Wildman–Crippen MR) is 75.7 cm³/mol. The molecule has 0 radical (unpaired) electrons. The van der Waals surface area contributed by atoms with E-state index in [9.17, 15) is 0 Å². The van der Waals surface area contributed by atoms with Gasteiger partial charge in [0.15, 0.2) is 0 Å². The number of hydrogen-bond donors (Lipinski definition) is 0. The van der Waals surface area contributed by atoms with Crippen molar-refractivity contribution >= 4 is 0 Å². The van der Waals surface area contributed by atoms with Gasteiger partial charge in [-0.25, -0.2) is 0 Å². The largest absolute Gasteiger partial charge is 0.365 e. The summed E-state index contributed by atoms with van der Waals surface area (Å²) in [6, 6.07) is 0. The van der Waals surface area contributed by atoms with E-state index < -0.39 is 0 Å². The Kier molecular flexibility index (Phi) is 7.55. The molecule has 1 heteroatoms. The highest BCUT2D eigenvalue weighted by atomic mass is 16.5. The molecule has 1 unspecified atom stereocenters. The van der Waals surface area contributed by atoms with Gasteiger partial charge in [-0.05, 0) is 33.6 Å². The first-order chi connectivity index (χ1) is 7.89. The molecular weight excluding hydrogens is 208 g/mol. The molecular formula is C16H29O-. The molecule has 1 nitrogen and oxygen atoms in total. The van der Waals surface area contributed by atoms with Gasteiger partial charge >= 0.3 is 0 Å². The fourth-order valence-electron chi connectivity index (χ4n) is 1.85. The molecule has 100 valence electrons. The zero-order valence-electron chi connectivity index (χ0n) is 12.5. The molecule has 1 atom stereocenters. The van der Waals surface area contributed by atoms with Gasteiger partial charge < -0.3 is 11.2 Å². The van der Waals surface area contributed by atoms with Gasteiger partial charge in [0.1, 0.15) is 0 Å². The average Bonchev–Trinajstić information content (AvgIpc) is 2.25. The second kappa shape index (κ2) is 7.77. The maximum Gasteiger partial charge on any atom is 0.0989 e. The SMILES string of the molecule is C[CH-]CC(C)(C#CC(C)(C)CCC)OCCC. The Labute approximate surface area is 108 Å². The van der Waals surface area contributed by atoms with E-state index >= 15 is 0 Å². The normalized spacial score (nSPS) is 14.9. The van der Waals surface area contributed by atoms with Crippen molar-refractivity contribution in [3.63, 3.8) is 0 Å². The summed E-state index contributed by atoms with van der Waals surface area (Å²) in [4.78, 5) is 0. The third kappa shape index (κ3) is 7.45. The van der Waals surface area contributed by atoms with Gasteiger partial charge in [-0.2, -0.15) is 6.92 Å². The maximum atomic E-state index is 5.89. The monoisotopic (exact) mass is 237 g/mol. The van der Waals surface area contributed by atoms with Crippen LogP contribution in [0, 0.1) is 23.7 Å². The van der Waals surface area contributed by atoms with Crippen molar-refractivity contribution < 1.29 is 4.74 Å². The predicted octanol–water partition coefficient (Wildman–Crippen LogP) is 4.62. The van der Waals surface area contributed by atoms with Crippen molar-refractivity contribution in [3.05, 3.63) is 6.42 Å². The van der Waals surface area contributed by atoms with Crippen molar-refractivity contribution in [1.29, 1.82) is 0 Å². The van der Waals surface area contributed by atoms with Crippen molar-refractivity contribution in [1.82, 2.24) is 0 Å². The van der Waals surface area contributed by atoms with Crippen LogP contribution in [0.4, 0.5) is 0 Å². The highest BCUT2D eigenvalue weighted by Crippen LogP contribution is 2.23. The van der Waals surface area contributed by atoms with E-state index in [2.05, 4.69) is 59.8 Å². The molecule has 0 rings (SSSR count). The Hall–Kier alpha value is -0.480. The molecule has 0 saturated heterocycles. The Balaban J connectivity index is 4.67. The lowest BCUT2D eigenvalue weighted by Crippen LogP contribution is -2.28. The molecule has 0 N–H and O–H groups in total. The van der Waals surface area contributed by atoms with Crippen LogP contribution in [0.1, 0.15) is 67.2 Å². The minimum absolute atomic E-state index is 0.0966. The van der Waals surface area contributed by atoms with E-state index in [1.54, 1.807) is 0 Å². The van der Waals surface area contributed by atoms with E-state index in [0.717, 1.165) is 25.9 Å². The number of rotatable bonds is 7. The quantitative estimate of drug-likeness (QED) is 0.464. The maximum absolute atomic E-state index is 5.89. The van der Waals surface area contributed by atoms with Gasteiger partial charge in [0.05, 0.1) is 5.60 Å². The molecule has 0 spiro atoms. The first-order valence-electron chi connectivity index (χ1n) is 6.85. The lowest BCUT2D eigenvalue weighted by molar-refractivity contribution is 0.0129. The van der Waals surface area contributed by atoms with Crippen LogP contribution in [0.5, 0.6) is 0 Å². The summed E-state index contributed by atoms with van der Waals surface area (Å²) in [7, 11) is 0. The van der Waals surface area contributed by atoms with Gasteiger partial charge in [0.2, 0.25) is 0 Å². The fraction of sp³-hybridized carbons (Fsp3) is 0.812. The number of hydrogen-bond acceptors (Lipinski definition) is 1. The van der Waals surface area contributed by atoms with E-state index in [1.165, 1.54) is 6.42 Å². The van der Waals surface area contributed by atoms with Crippen molar-refractivity contribution in [3.8, 4) is 11.8 Å². The standard InChI is InChI=1S/C16H29O/c1-7-10-15(4,5)12-13-16(6,11-8-2)17-14-9-3/h8H,7,9-11,14H2,1-6H3/q-1. The van der Waals surface area contributed by atoms with Crippen molar-refractivity contribution in [2.24, 2.45) is 5.41 Å².